The number of aromatic nitrogens is 2. The van der Waals surface area contributed by atoms with Gasteiger partial charge in [-0.05, 0) is 35.6 Å². The predicted molar refractivity (Wildman–Crippen MR) is 131 cm³/mol. The summed E-state index contributed by atoms with van der Waals surface area (Å²) in [6.07, 6.45) is 1.43. The maximum Gasteiger partial charge on any atom is 0.273 e. The lowest BCUT2D eigenvalue weighted by atomic mass is 9.85. The number of nitriles is 1. The van der Waals surface area contributed by atoms with Crippen LogP contribution in [0.15, 0.2) is 48.5 Å². The van der Waals surface area contributed by atoms with E-state index in [9.17, 15) is 14.4 Å². The third kappa shape index (κ3) is 5.40. The second kappa shape index (κ2) is 9.71. The van der Waals surface area contributed by atoms with Crippen molar-refractivity contribution in [2.45, 2.75) is 58.7 Å². The average molecular weight is 472 g/mol. The van der Waals surface area contributed by atoms with Crippen LogP contribution in [0.2, 0.25) is 0 Å². The van der Waals surface area contributed by atoms with E-state index in [0.29, 0.717) is 36.8 Å². The quantitative estimate of drug-likeness (QED) is 0.572. The summed E-state index contributed by atoms with van der Waals surface area (Å²) in [5, 5.41) is 20.1. The summed E-state index contributed by atoms with van der Waals surface area (Å²) in [6, 6.07) is 15.8. The van der Waals surface area contributed by atoms with Gasteiger partial charge in [0.2, 0.25) is 5.91 Å². The molecule has 0 unspecified atom stereocenters. The summed E-state index contributed by atoms with van der Waals surface area (Å²) in [5.74, 6) is -0.588. The van der Waals surface area contributed by atoms with E-state index in [1.165, 1.54) is 0 Å². The smallest absolute Gasteiger partial charge is 0.273 e. The molecule has 2 aromatic carbocycles. The maximum atomic E-state index is 13.4. The number of ketones is 1. The van der Waals surface area contributed by atoms with Gasteiger partial charge in [-0.1, -0.05) is 51.1 Å². The summed E-state index contributed by atoms with van der Waals surface area (Å²) < 4.78 is 1.75. The lowest BCUT2D eigenvalue weighted by Crippen LogP contribution is -2.55. The van der Waals surface area contributed by atoms with Gasteiger partial charge in [-0.25, -0.2) is 0 Å². The second-order valence-corrected chi connectivity index (χ2v) is 10.1. The molecule has 35 heavy (non-hydrogen) atoms. The number of amides is 2. The number of hydrogen-bond acceptors (Lipinski definition) is 5. The predicted octanol–water partition coefficient (Wildman–Crippen LogP) is 3.34. The molecule has 8 heteroatoms. The lowest BCUT2D eigenvalue weighted by Gasteiger charge is -2.31. The lowest BCUT2D eigenvalue weighted by molar-refractivity contribution is -0.126. The van der Waals surface area contributed by atoms with E-state index in [2.05, 4.69) is 21.8 Å². The highest BCUT2D eigenvalue weighted by atomic mass is 16.2. The van der Waals surface area contributed by atoms with Crippen molar-refractivity contribution in [1.29, 1.82) is 5.26 Å². The Balaban J connectivity index is 1.58. The van der Waals surface area contributed by atoms with E-state index in [4.69, 9.17) is 5.26 Å². The third-order valence-corrected chi connectivity index (χ3v) is 6.28. The SMILES string of the molecule is CC(C)(C)[C@H](NC(=O)c1nn(Cc2ccc(C#N)cc2)c2ccccc12)C(=O)N[C@H]1CCC(=O)C1. The molecule has 0 aliphatic heterocycles. The van der Waals surface area contributed by atoms with Gasteiger partial charge in [0, 0.05) is 24.3 Å². The number of Topliss-reactive ketones (excluding diaryl/α,β-unsaturated/α-hetero) is 1. The highest BCUT2D eigenvalue weighted by Crippen LogP contribution is 2.24. The first-order valence-corrected chi connectivity index (χ1v) is 11.7. The van der Waals surface area contributed by atoms with Gasteiger partial charge >= 0.3 is 0 Å². The zero-order chi connectivity index (χ0) is 25.2. The Morgan fingerprint density at radius 1 is 1.17 bits per heavy atom. The highest BCUT2D eigenvalue weighted by molar-refractivity contribution is 6.06. The standard InChI is InChI=1S/C27H29N5O3/c1-27(2,3)24(26(35)29-19-12-13-20(33)14-19)30-25(34)23-21-6-4-5-7-22(21)32(31-23)16-18-10-8-17(15-28)9-11-18/h4-11,19,24H,12-14,16H2,1-3H3,(H,29,35)(H,30,34)/t19-,24+/m0/s1. The molecule has 2 N–H and O–H groups in total. The van der Waals surface area contributed by atoms with Crippen LogP contribution in [0.25, 0.3) is 10.9 Å². The molecular weight excluding hydrogens is 442 g/mol. The van der Waals surface area contributed by atoms with Gasteiger partial charge in [0.1, 0.15) is 11.8 Å². The number of hydrogen-bond donors (Lipinski definition) is 2. The Hall–Kier alpha value is -3.99. The van der Waals surface area contributed by atoms with Crippen LogP contribution in [0.1, 0.15) is 61.6 Å². The zero-order valence-corrected chi connectivity index (χ0v) is 20.2. The van der Waals surface area contributed by atoms with E-state index < -0.39 is 17.4 Å². The van der Waals surface area contributed by atoms with E-state index in [1.807, 2.05) is 57.2 Å². The van der Waals surface area contributed by atoms with Gasteiger partial charge in [-0.3, -0.25) is 19.1 Å². The number of carbonyl (C=O) groups is 3. The Labute approximate surface area is 204 Å². The first-order valence-electron chi connectivity index (χ1n) is 11.7. The Kier molecular flexibility index (Phi) is 6.70. The fraction of sp³-hybridized carbons (Fsp3) is 0.370. The van der Waals surface area contributed by atoms with Crippen LogP contribution < -0.4 is 10.6 Å². The number of rotatable bonds is 6. The topological polar surface area (TPSA) is 117 Å². The first-order chi connectivity index (χ1) is 16.7. The van der Waals surface area contributed by atoms with Crippen molar-refractivity contribution < 1.29 is 14.4 Å². The average Bonchev–Trinajstić information content (AvgIpc) is 3.40. The van der Waals surface area contributed by atoms with Crippen molar-refractivity contribution >= 4 is 28.5 Å². The van der Waals surface area contributed by atoms with Crippen molar-refractivity contribution in [2.24, 2.45) is 5.41 Å². The van der Waals surface area contributed by atoms with Gasteiger partial charge in [0.15, 0.2) is 5.69 Å². The van der Waals surface area contributed by atoms with Crippen molar-refractivity contribution in [1.82, 2.24) is 20.4 Å². The van der Waals surface area contributed by atoms with Gasteiger partial charge < -0.3 is 10.6 Å². The minimum Gasteiger partial charge on any atom is -0.351 e. The van der Waals surface area contributed by atoms with E-state index >= 15 is 0 Å². The molecule has 4 rings (SSSR count). The summed E-state index contributed by atoms with van der Waals surface area (Å²) in [4.78, 5) is 38.1. The van der Waals surface area contributed by atoms with Crippen molar-refractivity contribution in [3.8, 4) is 6.07 Å². The molecule has 1 aliphatic rings. The van der Waals surface area contributed by atoms with Crippen LogP contribution >= 0.6 is 0 Å². The van der Waals surface area contributed by atoms with Gasteiger partial charge in [-0.2, -0.15) is 10.4 Å². The minimum absolute atomic E-state index is 0.144. The highest BCUT2D eigenvalue weighted by Gasteiger charge is 2.36. The minimum atomic E-state index is -0.798. The molecule has 0 spiro atoms. The number of para-hydroxylation sites is 1. The Morgan fingerprint density at radius 2 is 1.89 bits per heavy atom. The summed E-state index contributed by atoms with van der Waals surface area (Å²) in [7, 11) is 0. The fourth-order valence-corrected chi connectivity index (χ4v) is 4.37. The summed E-state index contributed by atoms with van der Waals surface area (Å²) >= 11 is 0. The van der Waals surface area contributed by atoms with Crippen LogP contribution in [-0.2, 0) is 16.1 Å². The molecule has 2 amide bonds. The molecule has 2 atom stereocenters. The van der Waals surface area contributed by atoms with Crippen LogP contribution in [0.3, 0.4) is 0 Å². The third-order valence-electron chi connectivity index (χ3n) is 6.28. The van der Waals surface area contributed by atoms with Crippen molar-refractivity contribution in [3.05, 3.63) is 65.4 Å². The number of carbonyl (C=O) groups excluding carboxylic acids is 3. The fourth-order valence-electron chi connectivity index (χ4n) is 4.37. The molecule has 1 aliphatic carbocycles. The number of benzene rings is 2. The van der Waals surface area contributed by atoms with Crippen molar-refractivity contribution in [3.63, 3.8) is 0 Å². The molecule has 1 fully saturated rings. The van der Waals surface area contributed by atoms with Crippen molar-refractivity contribution in [2.75, 3.05) is 0 Å². The molecule has 0 radical (unpaired) electrons. The normalized spacial score (nSPS) is 16.6. The van der Waals surface area contributed by atoms with Crippen LogP contribution in [0, 0.1) is 16.7 Å². The largest absolute Gasteiger partial charge is 0.351 e. The van der Waals surface area contributed by atoms with E-state index in [-0.39, 0.29) is 23.4 Å². The van der Waals surface area contributed by atoms with Crippen LogP contribution in [0.5, 0.6) is 0 Å². The van der Waals surface area contributed by atoms with E-state index in [1.54, 1.807) is 16.8 Å². The monoisotopic (exact) mass is 471 g/mol. The van der Waals surface area contributed by atoms with Crippen LogP contribution in [-0.4, -0.2) is 39.5 Å². The Morgan fingerprint density at radius 3 is 2.51 bits per heavy atom. The molecule has 1 aromatic heterocycles. The molecule has 0 bridgehead atoms. The Bertz CT molecular complexity index is 1310. The van der Waals surface area contributed by atoms with Crippen LogP contribution in [0.4, 0.5) is 0 Å². The molecular formula is C27H29N5O3. The second-order valence-electron chi connectivity index (χ2n) is 10.1. The van der Waals surface area contributed by atoms with E-state index in [0.717, 1.165) is 11.1 Å². The zero-order valence-electron chi connectivity index (χ0n) is 20.2. The molecule has 8 nitrogen and oxygen atoms in total. The molecule has 1 saturated carbocycles. The molecule has 3 aromatic rings. The summed E-state index contributed by atoms with van der Waals surface area (Å²) in [5.41, 5.74) is 2.01. The maximum absolute atomic E-state index is 13.4. The molecule has 180 valence electrons. The number of nitrogens with one attached hydrogen (secondary N) is 2. The first kappa shape index (κ1) is 24.1. The number of fused-ring (bicyclic) bond motifs is 1. The number of nitrogens with zero attached hydrogens (tertiary/aromatic N) is 3. The van der Waals surface area contributed by atoms with Gasteiger partial charge in [0.05, 0.1) is 23.7 Å². The van der Waals surface area contributed by atoms with Gasteiger partial charge in [0.25, 0.3) is 5.91 Å². The molecule has 0 saturated heterocycles. The van der Waals surface area contributed by atoms with Gasteiger partial charge in [-0.15, -0.1) is 0 Å². The summed E-state index contributed by atoms with van der Waals surface area (Å²) in [6.45, 7) is 6.09. The molecule has 1 heterocycles.